The van der Waals surface area contributed by atoms with Crippen LogP contribution in [0.15, 0.2) is 41.9 Å². The Morgan fingerprint density at radius 1 is 1.50 bits per heavy atom. The molecular weight excluding hydrogens is 326 g/mol. The van der Waals surface area contributed by atoms with Crippen LogP contribution in [0.4, 0.5) is 5.69 Å². The van der Waals surface area contributed by atoms with E-state index in [-0.39, 0.29) is 18.2 Å². The highest BCUT2D eigenvalue weighted by Crippen LogP contribution is 2.26. The smallest absolute Gasteiger partial charge is 0.240 e. The third-order valence-electron chi connectivity index (χ3n) is 3.13. The van der Waals surface area contributed by atoms with Crippen LogP contribution in [0.5, 0.6) is 5.75 Å². The minimum atomic E-state index is -0.475. The molecule has 0 spiro atoms. The molecule has 2 rings (SSSR count). The number of rotatable bonds is 8. The van der Waals surface area contributed by atoms with Crippen LogP contribution in [0, 0.1) is 0 Å². The van der Waals surface area contributed by atoms with Crippen LogP contribution in [-0.2, 0) is 9.59 Å². The number of carbonyl (C=O) groups excluding carboxylic acids is 2. The molecule has 0 saturated carbocycles. The van der Waals surface area contributed by atoms with Gasteiger partial charge in [0, 0.05) is 6.42 Å². The number of nitrogens with one attached hydrogen (secondary N) is 2. The topological polar surface area (TPSA) is 79.8 Å². The minimum absolute atomic E-state index is 0.0751. The summed E-state index contributed by atoms with van der Waals surface area (Å²) in [6.07, 6.45) is 2.60. The zero-order chi connectivity index (χ0) is 17.4. The first-order valence-electron chi connectivity index (χ1n) is 7.78. The van der Waals surface area contributed by atoms with Crippen molar-refractivity contribution in [3.63, 3.8) is 0 Å². The van der Waals surface area contributed by atoms with E-state index in [2.05, 4.69) is 22.2 Å². The molecule has 1 atom stereocenters. The summed E-state index contributed by atoms with van der Waals surface area (Å²) >= 11 is 1.27. The number of hydrogen-bond acceptors (Lipinski definition) is 5. The van der Waals surface area contributed by atoms with Crippen molar-refractivity contribution < 1.29 is 14.3 Å². The molecule has 2 amide bonds. The predicted octanol–water partition coefficient (Wildman–Crippen LogP) is 2.58. The summed E-state index contributed by atoms with van der Waals surface area (Å²) in [7, 11) is 0. The van der Waals surface area contributed by atoms with E-state index in [9.17, 15) is 9.59 Å². The van der Waals surface area contributed by atoms with Crippen molar-refractivity contribution in [2.75, 3.05) is 18.5 Å². The molecule has 1 saturated heterocycles. The van der Waals surface area contributed by atoms with E-state index in [4.69, 9.17) is 4.74 Å². The zero-order valence-electron chi connectivity index (χ0n) is 13.6. The Bertz CT molecular complexity index is 646. The maximum absolute atomic E-state index is 12.2. The van der Waals surface area contributed by atoms with E-state index in [1.165, 1.54) is 11.8 Å². The van der Waals surface area contributed by atoms with Crippen LogP contribution < -0.4 is 15.4 Å². The number of amidine groups is 1. The number of nitrogens with zero attached hydrogens (tertiary/aromatic N) is 1. The second kappa shape index (κ2) is 9.12. The number of thioether (sulfide) groups is 1. The molecule has 1 heterocycles. The minimum Gasteiger partial charge on any atom is -0.491 e. The maximum Gasteiger partial charge on any atom is 0.240 e. The van der Waals surface area contributed by atoms with Crippen LogP contribution in [0.2, 0.25) is 0 Å². The standard InChI is InChI=1S/C17H21N3O3S/c1-3-9-18-17-20-16(22)14(24-17)11-15(21)19-12-7-5-6-8-13(12)23-10-4-2/h3,5-8,14H,1,4,9-11H2,2H3,(H,19,21)(H,18,20,22)/t14-/m1/s1. The lowest BCUT2D eigenvalue weighted by Gasteiger charge is -2.12. The molecule has 1 aliphatic rings. The molecule has 7 heteroatoms. The molecule has 2 N–H and O–H groups in total. The SMILES string of the molecule is C=CCN=C1NC(=O)[C@@H](CC(=O)Nc2ccccc2OCCC)S1. The fraction of sp³-hybridized carbons (Fsp3) is 0.353. The number of ether oxygens (including phenoxy) is 1. The molecular formula is C17H21N3O3S. The molecule has 0 bridgehead atoms. The second-order valence-electron chi connectivity index (χ2n) is 5.13. The largest absolute Gasteiger partial charge is 0.491 e. The van der Waals surface area contributed by atoms with Gasteiger partial charge < -0.3 is 15.4 Å². The molecule has 0 aromatic heterocycles. The monoisotopic (exact) mass is 347 g/mol. The van der Waals surface area contributed by atoms with Gasteiger partial charge in [0.15, 0.2) is 5.17 Å². The number of anilines is 1. The molecule has 24 heavy (non-hydrogen) atoms. The Kier molecular flexibility index (Phi) is 6.87. The van der Waals surface area contributed by atoms with Gasteiger partial charge in [0.2, 0.25) is 11.8 Å². The number of hydrogen-bond donors (Lipinski definition) is 2. The average molecular weight is 347 g/mol. The molecule has 0 unspecified atom stereocenters. The fourth-order valence-electron chi connectivity index (χ4n) is 2.04. The van der Waals surface area contributed by atoms with E-state index < -0.39 is 5.25 Å². The van der Waals surface area contributed by atoms with Crippen molar-refractivity contribution in [3.8, 4) is 5.75 Å². The Balaban J connectivity index is 1.94. The summed E-state index contributed by atoms with van der Waals surface area (Å²) in [4.78, 5) is 28.3. The first kappa shape index (κ1) is 18.1. The van der Waals surface area contributed by atoms with Gasteiger partial charge in [-0.25, -0.2) is 0 Å². The molecule has 1 aliphatic heterocycles. The summed E-state index contributed by atoms with van der Waals surface area (Å²) in [6, 6.07) is 7.26. The lowest BCUT2D eigenvalue weighted by molar-refractivity contribution is -0.122. The van der Waals surface area contributed by atoms with Crippen molar-refractivity contribution >= 4 is 34.4 Å². The number of aliphatic imine (C=N–C) groups is 1. The fourth-order valence-corrected chi connectivity index (χ4v) is 3.02. The van der Waals surface area contributed by atoms with Gasteiger partial charge >= 0.3 is 0 Å². The highest BCUT2D eigenvalue weighted by molar-refractivity contribution is 8.15. The van der Waals surface area contributed by atoms with E-state index in [1.807, 2.05) is 25.1 Å². The van der Waals surface area contributed by atoms with E-state index in [0.717, 1.165) is 6.42 Å². The van der Waals surface area contributed by atoms with Crippen molar-refractivity contribution in [1.82, 2.24) is 5.32 Å². The molecule has 0 aliphatic carbocycles. The predicted molar refractivity (Wildman–Crippen MR) is 97.5 cm³/mol. The van der Waals surface area contributed by atoms with Crippen LogP contribution >= 0.6 is 11.8 Å². The number of para-hydroxylation sites is 2. The molecule has 0 radical (unpaired) electrons. The van der Waals surface area contributed by atoms with Crippen molar-refractivity contribution in [2.45, 2.75) is 25.0 Å². The van der Waals surface area contributed by atoms with Gasteiger partial charge in [0.25, 0.3) is 0 Å². The Morgan fingerprint density at radius 2 is 2.29 bits per heavy atom. The molecule has 128 valence electrons. The highest BCUT2D eigenvalue weighted by Gasteiger charge is 2.32. The second-order valence-corrected chi connectivity index (χ2v) is 6.32. The molecule has 1 aromatic carbocycles. The average Bonchev–Trinajstić information content (AvgIpc) is 2.91. The number of amides is 2. The van der Waals surface area contributed by atoms with Gasteiger partial charge in [0.1, 0.15) is 11.0 Å². The Labute approximate surface area is 145 Å². The van der Waals surface area contributed by atoms with Crippen LogP contribution in [0.1, 0.15) is 19.8 Å². The van der Waals surface area contributed by atoms with Crippen molar-refractivity contribution in [1.29, 1.82) is 0 Å². The van der Waals surface area contributed by atoms with E-state index in [1.54, 1.807) is 12.1 Å². The van der Waals surface area contributed by atoms with Crippen molar-refractivity contribution in [3.05, 3.63) is 36.9 Å². The summed E-state index contributed by atoms with van der Waals surface area (Å²) in [5.74, 6) is 0.193. The van der Waals surface area contributed by atoms with Crippen LogP contribution in [-0.4, -0.2) is 35.4 Å². The lowest BCUT2D eigenvalue weighted by Crippen LogP contribution is -2.28. The van der Waals surface area contributed by atoms with Crippen LogP contribution in [0.25, 0.3) is 0 Å². The summed E-state index contributed by atoms with van der Waals surface area (Å²) in [5, 5.41) is 5.54. The van der Waals surface area contributed by atoms with Gasteiger partial charge in [-0.05, 0) is 18.6 Å². The van der Waals surface area contributed by atoms with Gasteiger partial charge in [-0.15, -0.1) is 6.58 Å². The molecule has 6 nitrogen and oxygen atoms in total. The third-order valence-corrected chi connectivity index (χ3v) is 4.25. The third kappa shape index (κ3) is 5.13. The summed E-state index contributed by atoms with van der Waals surface area (Å²) in [6.45, 7) is 6.61. The Morgan fingerprint density at radius 3 is 3.04 bits per heavy atom. The zero-order valence-corrected chi connectivity index (χ0v) is 14.4. The molecule has 1 aromatic rings. The van der Waals surface area contributed by atoms with E-state index >= 15 is 0 Å². The number of benzene rings is 1. The van der Waals surface area contributed by atoms with Gasteiger partial charge in [-0.1, -0.05) is 36.9 Å². The lowest BCUT2D eigenvalue weighted by atomic mass is 10.2. The van der Waals surface area contributed by atoms with Gasteiger partial charge in [-0.3, -0.25) is 14.6 Å². The first-order chi connectivity index (χ1) is 11.6. The maximum atomic E-state index is 12.2. The summed E-state index contributed by atoms with van der Waals surface area (Å²) < 4.78 is 5.61. The van der Waals surface area contributed by atoms with Crippen LogP contribution in [0.3, 0.4) is 0 Å². The Hall–Kier alpha value is -2.28. The highest BCUT2D eigenvalue weighted by atomic mass is 32.2. The normalized spacial score (nSPS) is 18.3. The number of carbonyl (C=O) groups is 2. The quantitative estimate of drug-likeness (QED) is 0.708. The van der Waals surface area contributed by atoms with Gasteiger partial charge in [-0.2, -0.15) is 0 Å². The summed E-state index contributed by atoms with van der Waals surface area (Å²) in [5.41, 5.74) is 0.611. The van der Waals surface area contributed by atoms with Crippen molar-refractivity contribution in [2.24, 2.45) is 4.99 Å². The molecule has 1 fully saturated rings. The first-order valence-corrected chi connectivity index (χ1v) is 8.66. The van der Waals surface area contributed by atoms with E-state index in [0.29, 0.717) is 29.8 Å². The van der Waals surface area contributed by atoms with Gasteiger partial charge in [0.05, 0.1) is 18.8 Å².